The molecule has 0 fully saturated rings. The van der Waals surface area contributed by atoms with Gasteiger partial charge in [0.1, 0.15) is 5.82 Å². The minimum Gasteiger partial charge on any atom is -0.512 e. The van der Waals surface area contributed by atoms with Crippen LogP contribution in [0.15, 0.2) is 72.6 Å². The largest absolute Gasteiger partial charge is 0.512 e. The predicted octanol–water partition coefficient (Wildman–Crippen LogP) is 13.3. The van der Waals surface area contributed by atoms with Crippen LogP contribution in [0.1, 0.15) is 83.9 Å². The van der Waals surface area contributed by atoms with Crippen molar-refractivity contribution in [3.8, 4) is 22.4 Å². The monoisotopic (exact) mass is 911 g/mol. The van der Waals surface area contributed by atoms with Gasteiger partial charge in [0.2, 0.25) is 0 Å². The second-order valence-corrected chi connectivity index (χ2v) is 15.0. The number of hydrogen-bond donors (Lipinski definition) is 1. The molecular formula is C43H48F4IrNO2S-. The van der Waals surface area contributed by atoms with E-state index in [1.54, 1.807) is 36.5 Å². The third-order valence-corrected chi connectivity index (χ3v) is 10.9. The number of nitrogens with zero attached hydrogens (tertiary/aromatic N) is 1. The second-order valence-electron chi connectivity index (χ2n) is 14.0. The first-order chi connectivity index (χ1) is 24.0. The van der Waals surface area contributed by atoms with Crippen molar-refractivity contribution < 1.29 is 47.6 Å². The van der Waals surface area contributed by atoms with Crippen molar-refractivity contribution >= 4 is 37.3 Å². The molecule has 0 saturated carbocycles. The van der Waals surface area contributed by atoms with E-state index in [0.717, 1.165) is 63.5 Å². The second kappa shape index (κ2) is 18.1. The first-order valence-corrected chi connectivity index (χ1v) is 18.5. The summed E-state index contributed by atoms with van der Waals surface area (Å²) in [7, 11) is 0. The Hall–Kier alpha value is -3.39. The van der Waals surface area contributed by atoms with Gasteiger partial charge < -0.3 is 10.1 Å². The van der Waals surface area contributed by atoms with Crippen LogP contribution in [-0.4, -0.2) is 22.1 Å². The normalized spacial score (nSPS) is 12.3. The summed E-state index contributed by atoms with van der Waals surface area (Å²) in [6.45, 7) is 14.5. The molecule has 5 rings (SSSR count). The topological polar surface area (TPSA) is 50.2 Å². The van der Waals surface area contributed by atoms with Gasteiger partial charge in [-0.2, -0.15) is 13.2 Å². The molecule has 5 aromatic rings. The quantitative estimate of drug-likeness (QED) is 0.0622. The van der Waals surface area contributed by atoms with Gasteiger partial charge in [-0.1, -0.05) is 91.8 Å². The molecule has 0 aliphatic carbocycles. The third-order valence-electron chi connectivity index (χ3n) is 9.66. The average Bonchev–Trinajstić information content (AvgIpc) is 3.46. The van der Waals surface area contributed by atoms with Crippen molar-refractivity contribution in [2.24, 2.45) is 17.3 Å². The van der Waals surface area contributed by atoms with Gasteiger partial charge in [0.25, 0.3) is 0 Å². The number of halogens is 4. The Morgan fingerprint density at radius 3 is 2.04 bits per heavy atom. The Bertz CT molecular complexity index is 1990. The van der Waals surface area contributed by atoms with Crippen molar-refractivity contribution in [3.05, 3.63) is 101 Å². The third kappa shape index (κ3) is 9.77. The minimum atomic E-state index is -4.30. The van der Waals surface area contributed by atoms with Crippen molar-refractivity contribution in [3.63, 3.8) is 0 Å². The number of pyridine rings is 1. The Labute approximate surface area is 322 Å². The summed E-state index contributed by atoms with van der Waals surface area (Å²) in [5.41, 5.74) is 3.54. The summed E-state index contributed by atoms with van der Waals surface area (Å²) in [6, 6.07) is 19.7. The summed E-state index contributed by atoms with van der Waals surface area (Å²) >= 11 is 1.36. The van der Waals surface area contributed by atoms with E-state index in [4.69, 9.17) is 0 Å². The molecule has 2 heterocycles. The van der Waals surface area contributed by atoms with E-state index in [-0.39, 0.29) is 55.7 Å². The minimum absolute atomic E-state index is 0. The van der Waals surface area contributed by atoms with Gasteiger partial charge in [-0.05, 0) is 54.7 Å². The number of carbonyl (C=O) groups excluding carboxylic acids is 1. The van der Waals surface area contributed by atoms with E-state index in [2.05, 4.69) is 17.1 Å². The molecule has 9 heteroatoms. The fourth-order valence-electron chi connectivity index (χ4n) is 6.36. The number of ketones is 1. The Morgan fingerprint density at radius 2 is 1.48 bits per heavy atom. The smallest absolute Gasteiger partial charge is 0.394 e. The van der Waals surface area contributed by atoms with Crippen molar-refractivity contribution in [1.82, 2.24) is 4.98 Å². The maximum Gasteiger partial charge on any atom is 0.394 e. The summed E-state index contributed by atoms with van der Waals surface area (Å²) in [5.74, 6) is 0.207. The average molecular weight is 911 g/mol. The molecule has 281 valence electrons. The number of aliphatic hydroxyl groups excluding tert-OH is 1. The van der Waals surface area contributed by atoms with Crippen LogP contribution < -0.4 is 0 Å². The van der Waals surface area contributed by atoms with Gasteiger partial charge in [-0.25, -0.2) is 4.39 Å². The number of aliphatic hydroxyl groups is 1. The molecule has 0 atom stereocenters. The maximum absolute atomic E-state index is 15.8. The molecule has 3 aromatic carbocycles. The number of carbonyl (C=O) groups is 1. The molecule has 2 aromatic heterocycles. The standard InChI is InChI=1S/C30H24F4NS.C13H24O2.Ir/c1-17-13-18(2)15-21(14-17)26-28-24(11-12-35-26)23-10-9-22(25(31)27(23)36-28)20-7-5-19(6-8-20)16-29(3,4)30(32,33)34;1-5-10(6-2)12(14)9-13(15)11(7-3)8-4;/h5-14H,16H2,1-4H3;9-11,14H,5-8H2,1-4H3;/q-1;;/b;12-9-;. The molecule has 0 aliphatic rings. The van der Waals surface area contributed by atoms with Gasteiger partial charge in [0.05, 0.1) is 15.9 Å². The maximum atomic E-state index is 15.8. The summed E-state index contributed by atoms with van der Waals surface area (Å²) in [6.07, 6.45) is 2.21. The van der Waals surface area contributed by atoms with E-state index >= 15 is 4.39 Å². The number of rotatable bonds is 11. The molecular weight excluding hydrogens is 863 g/mol. The van der Waals surface area contributed by atoms with E-state index in [1.807, 2.05) is 59.7 Å². The van der Waals surface area contributed by atoms with Gasteiger partial charge in [0, 0.05) is 65.6 Å². The first kappa shape index (κ1) is 43.0. The molecule has 0 amide bonds. The molecule has 0 bridgehead atoms. The molecule has 52 heavy (non-hydrogen) atoms. The van der Waals surface area contributed by atoms with Crippen LogP contribution in [0.5, 0.6) is 0 Å². The van der Waals surface area contributed by atoms with Gasteiger partial charge in [-0.3, -0.25) is 4.79 Å². The Kier molecular flexibility index (Phi) is 15.0. The molecule has 0 spiro atoms. The number of allylic oxidation sites excluding steroid dienone is 2. The summed E-state index contributed by atoms with van der Waals surface area (Å²) < 4.78 is 57.1. The van der Waals surface area contributed by atoms with Crippen LogP contribution >= 0.6 is 11.3 Å². The number of benzene rings is 3. The number of aromatic nitrogens is 1. The molecule has 1 radical (unpaired) electrons. The van der Waals surface area contributed by atoms with Crippen molar-refractivity contribution in [2.75, 3.05) is 0 Å². The van der Waals surface area contributed by atoms with Crippen molar-refractivity contribution in [2.45, 2.75) is 93.7 Å². The number of hydrogen-bond acceptors (Lipinski definition) is 4. The molecule has 3 nitrogen and oxygen atoms in total. The van der Waals surface area contributed by atoms with Gasteiger partial charge in [0.15, 0.2) is 5.78 Å². The van der Waals surface area contributed by atoms with Crippen LogP contribution in [-0.2, 0) is 31.3 Å². The van der Waals surface area contributed by atoms with Crippen LogP contribution in [0.3, 0.4) is 0 Å². The molecule has 0 aliphatic heterocycles. The molecule has 0 saturated heterocycles. The number of alkyl halides is 3. The number of fused-ring (bicyclic) bond motifs is 3. The number of thiophene rings is 1. The Balaban J connectivity index is 0.000000389. The first-order valence-electron chi connectivity index (χ1n) is 17.7. The van der Waals surface area contributed by atoms with E-state index in [1.165, 1.54) is 31.3 Å². The Morgan fingerprint density at radius 1 is 0.885 bits per heavy atom. The van der Waals surface area contributed by atoms with Gasteiger partial charge in [-0.15, -0.1) is 46.2 Å². The van der Waals surface area contributed by atoms with Crippen LogP contribution in [0, 0.1) is 43.0 Å². The SMILES string of the molecule is CCC(CC)C(=O)/C=C(\O)C(CC)CC.Cc1[c-]c(-c2nccc3c2sc2c(F)c(-c4ccc(CC(C)(C)C(F)(F)F)cc4)ccc23)cc(C)c1.[Ir]. The van der Waals surface area contributed by atoms with Gasteiger partial charge >= 0.3 is 6.18 Å². The number of aryl methyl sites for hydroxylation is 2. The van der Waals surface area contributed by atoms with E-state index in [0.29, 0.717) is 21.4 Å². The molecule has 1 N–H and O–H groups in total. The fraction of sp³-hybridized carbons (Fsp3) is 0.395. The zero-order chi connectivity index (χ0) is 37.7. The van der Waals surface area contributed by atoms with Crippen LogP contribution in [0.25, 0.3) is 42.6 Å². The molecule has 0 unspecified atom stereocenters. The van der Waals surface area contributed by atoms with E-state index in [9.17, 15) is 23.1 Å². The zero-order valence-corrected chi connectivity index (χ0v) is 34.3. The summed E-state index contributed by atoms with van der Waals surface area (Å²) in [5, 5.41) is 11.5. The van der Waals surface area contributed by atoms with Crippen LogP contribution in [0.4, 0.5) is 17.6 Å². The van der Waals surface area contributed by atoms with E-state index < -0.39 is 11.6 Å². The van der Waals surface area contributed by atoms with Crippen LogP contribution in [0.2, 0.25) is 0 Å². The predicted molar refractivity (Wildman–Crippen MR) is 204 cm³/mol. The summed E-state index contributed by atoms with van der Waals surface area (Å²) in [4.78, 5) is 16.3. The zero-order valence-electron chi connectivity index (χ0n) is 31.1. The fourth-order valence-corrected chi connectivity index (χ4v) is 7.60. The van der Waals surface area contributed by atoms with Crippen molar-refractivity contribution in [1.29, 1.82) is 0 Å².